The van der Waals surface area contributed by atoms with Crippen LogP contribution in [0.5, 0.6) is 0 Å². The summed E-state index contributed by atoms with van der Waals surface area (Å²) in [6.07, 6.45) is 0. The van der Waals surface area contributed by atoms with Gasteiger partial charge in [-0.2, -0.15) is 0 Å². The average molecular weight is 374 g/mol. The summed E-state index contributed by atoms with van der Waals surface area (Å²) in [5.74, 6) is 5.83. The Hall–Kier alpha value is -1.43. The minimum Gasteiger partial charge on any atom is -0.271 e. The first-order valence-corrected chi connectivity index (χ1v) is 7.57. The maximum atomic E-state index is 5.83. The molecule has 0 radical (unpaired) electrons. The van der Waals surface area contributed by atoms with Gasteiger partial charge in [0.15, 0.2) is 0 Å². The lowest BCUT2D eigenvalue weighted by atomic mass is 9.94. The first-order chi connectivity index (χ1) is 9.79. The van der Waals surface area contributed by atoms with Crippen molar-refractivity contribution in [3.05, 3.63) is 81.4 Å². The van der Waals surface area contributed by atoms with Crippen LogP contribution in [-0.2, 0) is 0 Å². The van der Waals surface area contributed by atoms with E-state index in [4.69, 9.17) is 5.84 Å². The van der Waals surface area contributed by atoms with E-state index in [2.05, 4.69) is 94.7 Å². The molecule has 0 aliphatic carbocycles. The fourth-order valence-corrected chi connectivity index (χ4v) is 3.12. The topological polar surface area (TPSA) is 38.0 Å². The van der Waals surface area contributed by atoms with Gasteiger partial charge in [-0.3, -0.25) is 5.84 Å². The van der Waals surface area contributed by atoms with E-state index in [1.54, 1.807) is 0 Å². The SMILES string of the molecule is NNC(c1cccc(I)c1)c1cccc2ccccc12. The van der Waals surface area contributed by atoms with Crippen molar-refractivity contribution in [1.29, 1.82) is 0 Å². The molecule has 0 heterocycles. The second-order valence-electron chi connectivity index (χ2n) is 4.72. The van der Waals surface area contributed by atoms with Crippen LogP contribution in [0.1, 0.15) is 17.2 Å². The number of benzene rings is 3. The Morgan fingerprint density at radius 2 is 1.65 bits per heavy atom. The summed E-state index contributed by atoms with van der Waals surface area (Å²) < 4.78 is 1.21. The van der Waals surface area contributed by atoms with Gasteiger partial charge in [-0.15, -0.1) is 0 Å². The third-order valence-corrected chi connectivity index (χ3v) is 4.15. The molecule has 3 aromatic carbocycles. The van der Waals surface area contributed by atoms with Crippen LogP contribution in [0, 0.1) is 3.57 Å². The Balaban J connectivity index is 2.17. The Kier molecular flexibility index (Phi) is 4.00. The van der Waals surface area contributed by atoms with Crippen LogP contribution in [-0.4, -0.2) is 0 Å². The van der Waals surface area contributed by atoms with Crippen molar-refractivity contribution in [3.63, 3.8) is 0 Å². The number of halogens is 1. The number of hydrogen-bond donors (Lipinski definition) is 2. The minimum absolute atomic E-state index is 0.00387. The molecule has 0 aliphatic heterocycles. The highest BCUT2D eigenvalue weighted by atomic mass is 127. The molecule has 0 spiro atoms. The molecule has 0 aromatic heterocycles. The van der Waals surface area contributed by atoms with Crippen LogP contribution >= 0.6 is 22.6 Å². The molecule has 0 aliphatic rings. The minimum atomic E-state index is -0.00387. The normalized spacial score (nSPS) is 12.5. The average Bonchev–Trinajstić information content (AvgIpc) is 2.48. The third kappa shape index (κ3) is 2.57. The van der Waals surface area contributed by atoms with Crippen molar-refractivity contribution >= 4 is 33.4 Å². The van der Waals surface area contributed by atoms with Crippen LogP contribution in [0.3, 0.4) is 0 Å². The number of rotatable bonds is 3. The molecule has 1 unspecified atom stereocenters. The third-order valence-electron chi connectivity index (χ3n) is 3.48. The lowest BCUT2D eigenvalue weighted by Crippen LogP contribution is -2.29. The monoisotopic (exact) mass is 374 g/mol. The largest absolute Gasteiger partial charge is 0.271 e. The molecule has 1 atom stereocenters. The summed E-state index contributed by atoms with van der Waals surface area (Å²) in [5.41, 5.74) is 5.33. The summed E-state index contributed by atoms with van der Waals surface area (Å²) in [6, 6.07) is 23.1. The highest BCUT2D eigenvalue weighted by molar-refractivity contribution is 14.1. The first kappa shape index (κ1) is 13.5. The Labute approximate surface area is 132 Å². The van der Waals surface area contributed by atoms with Gasteiger partial charge in [0.1, 0.15) is 0 Å². The number of nitrogens with two attached hydrogens (primary N) is 1. The van der Waals surface area contributed by atoms with E-state index >= 15 is 0 Å². The maximum absolute atomic E-state index is 5.83. The van der Waals surface area contributed by atoms with Gasteiger partial charge in [-0.25, -0.2) is 5.43 Å². The maximum Gasteiger partial charge on any atom is 0.0716 e. The van der Waals surface area contributed by atoms with Crippen LogP contribution < -0.4 is 11.3 Å². The Morgan fingerprint density at radius 3 is 2.45 bits per heavy atom. The molecule has 0 saturated carbocycles. The summed E-state index contributed by atoms with van der Waals surface area (Å²) in [4.78, 5) is 0. The van der Waals surface area contributed by atoms with E-state index in [0.29, 0.717) is 0 Å². The summed E-state index contributed by atoms with van der Waals surface area (Å²) in [7, 11) is 0. The summed E-state index contributed by atoms with van der Waals surface area (Å²) in [5, 5.41) is 2.47. The van der Waals surface area contributed by atoms with Gasteiger partial charge in [0.2, 0.25) is 0 Å². The summed E-state index contributed by atoms with van der Waals surface area (Å²) in [6.45, 7) is 0. The quantitative estimate of drug-likeness (QED) is 0.413. The number of hydrazine groups is 1. The predicted molar refractivity (Wildman–Crippen MR) is 92.3 cm³/mol. The van der Waals surface area contributed by atoms with Gasteiger partial charge in [0.05, 0.1) is 6.04 Å². The molecule has 0 fully saturated rings. The van der Waals surface area contributed by atoms with Gasteiger partial charge < -0.3 is 0 Å². The Morgan fingerprint density at radius 1 is 0.900 bits per heavy atom. The first-order valence-electron chi connectivity index (χ1n) is 6.49. The zero-order chi connectivity index (χ0) is 13.9. The highest BCUT2D eigenvalue weighted by Gasteiger charge is 2.15. The van der Waals surface area contributed by atoms with Crippen LogP contribution in [0.4, 0.5) is 0 Å². The van der Waals surface area contributed by atoms with Gasteiger partial charge in [0.25, 0.3) is 0 Å². The van der Waals surface area contributed by atoms with E-state index in [9.17, 15) is 0 Å². The Bertz CT molecular complexity index is 734. The number of fused-ring (bicyclic) bond motifs is 1. The standard InChI is InChI=1S/C17H15IN2/c18-14-8-3-7-13(11-14)17(20-19)16-10-4-6-12-5-1-2-9-15(12)16/h1-11,17,20H,19H2. The van der Waals surface area contributed by atoms with E-state index < -0.39 is 0 Å². The molecule has 2 nitrogen and oxygen atoms in total. The summed E-state index contributed by atoms with van der Waals surface area (Å²) >= 11 is 2.32. The fraction of sp³-hybridized carbons (Fsp3) is 0.0588. The van der Waals surface area contributed by atoms with Gasteiger partial charge in [-0.05, 0) is 56.6 Å². The second-order valence-corrected chi connectivity index (χ2v) is 5.97. The molecular formula is C17H15IN2. The van der Waals surface area contributed by atoms with Crippen molar-refractivity contribution in [1.82, 2.24) is 5.43 Å². The second kappa shape index (κ2) is 5.91. The lowest BCUT2D eigenvalue weighted by Gasteiger charge is -2.19. The van der Waals surface area contributed by atoms with Crippen molar-refractivity contribution in [3.8, 4) is 0 Å². The van der Waals surface area contributed by atoms with Gasteiger partial charge in [0, 0.05) is 3.57 Å². The molecule has 3 N–H and O–H groups in total. The van der Waals surface area contributed by atoms with Crippen LogP contribution in [0.2, 0.25) is 0 Å². The van der Waals surface area contributed by atoms with Crippen LogP contribution in [0.25, 0.3) is 10.8 Å². The molecule has 3 rings (SSSR count). The fourth-order valence-electron chi connectivity index (χ4n) is 2.55. The molecule has 20 heavy (non-hydrogen) atoms. The highest BCUT2D eigenvalue weighted by Crippen LogP contribution is 2.29. The van der Waals surface area contributed by atoms with Gasteiger partial charge in [-0.1, -0.05) is 54.6 Å². The molecular weight excluding hydrogens is 359 g/mol. The smallest absolute Gasteiger partial charge is 0.0716 e. The van der Waals surface area contributed by atoms with Crippen molar-refractivity contribution in [2.24, 2.45) is 5.84 Å². The zero-order valence-corrected chi connectivity index (χ0v) is 13.0. The number of nitrogens with one attached hydrogen (secondary N) is 1. The van der Waals surface area contributed by atoms with E-state index in [0.717, 1.165) is 0 Å². The van der Waals surface area contributed by atoms with E-state index in [-0.39, 0.29) is 6.04 Å². The lowest BCUT2D eigenvalue weighted by molar-refractivity contribution is 0.640. The molecule has 0 bridgehead atoms. The van der Waals surface area contributed by atoms with Crippen molar-refractivity contribution in [2.75, 3.05) is 0 Å². The molecule has 3 aromatic rings. The molecule has 3 heteroatoms. The van der Waals surface area contributed by atoms with Crippen LogP contribution in [0.15, 0.2) is 66.7 Å². The predicted octanol–water partition coefficient (Wildman–Crippen LogP) is 4.00. The zero-order valence-electron chi connectivity index (χ0n) is 10.9. The van der Waals surface area contributed by atoms with E-state index in [1.807, 2.05) is 0 Å². The van der Waals surface area contributed by atoms with Gasteiger partial charge >= 0.3 is 0 Å². The van der Waals surface area contributed by atoms with E-state index in [1.165, 1.54) is 25.5 Å². The molecule has 0 amide bonds. The van der Waals surface area contributed by atoms with Crippen molar-refractivity contribution < 1.29 is 0 Å². The van der Waals surface area contributed by atoms with Crippen molar-refractivity contribution in [2.45, 2.75) is 6.04 Å². The number of hydrogen-bond acceptors (Lipinski definition) is 2. The molecule has 100 valence electrons. The molecule has 0 saturated heterocycles.